The monoisotopic (exact) mass is 449 g/mol. The number of aryl methyl sites for hydroxylation is 2. The molecule has 0 aliphatic rings. The van der Waals surface area contributed by atoms with Crippen LogP contribution in [0.2, 0.25) is 5.02 Å². The Bertz CT molecular complexity index is 1020. The first kappa shape index (κ1) is 19.7. The molecule has 7 heteroatoms. The molecule has 3 rings (SSSR count). The van der Waals surface area contributed by atoms with Crippen LogP contribution in [0.4, 0.5) is 10.5 Å². The fourth-order valence-electron chi connectivity index (χ4n) is 3.03. The van der Waals surface area contributed by atoms with Crippen molar-refractivity contribution in [3.8, 4) is 0 Å². The van der Waals surface area contributed by atoms with E-state index in [4.69, 9.17) is 21.3 Å². The summed E-state index contributed by atoms with van der Waals surface area (Å²) in [5.74, 6) is 0.926. The van der Waals surface area contributed by atoms with Crippen molar-refractivity contribution in [2.75, 3.05) is 18.6 Å². The summed E-state index contributed by atoms with van der Waals surface area (Å²) in [4.78, 5) is 18.0. The van der Waals surface area contributed by atoms with E-state index in [2.05, 4.69) is 39.6 Å². The van der Waals surface area contributed by atoms with Gasteiger partial charge < -0.3 is 9.30 Å². The number of nitrogens with zero attached hydrogens (tertiary/aromatic N) is 3. The van der Waals surface area contributed by atoms with Gasteiger partial charge >= 0.3 is 6.09 Å². The van der Waals surface area contributed by atoms with Crippen LogP contribution < -0.4 is 4.90 Å². The Balaban J connectivity index is 1.94. The minimum Gasteiger partial charge on any atom is -0.449 e. The Labute approximate surface area is 172 Å². The highest BCUT2D eigenvalue weighted by Crippen LogP contribution is 2.28. The molecule has 0 unspecified atom stereocenters. The molecule has 0 N–H and O–H groups in total. The third-order valence-electron chi connectivity index (χ3n) is 4.49. The second-order valence-corrected chi connectivity index (χ2v) is 7.69. The summed E-state index contributed by atoms with van der Waals surface area (Å²) in [6.07, 6.45) is -0.405. The number of amides is 1. The van der Waals surface area contributed by atoms with E-state index in [1.165, 1.54) is 4.90 Å². The van der Waals surface area contributed by atoms with E-state index in [1.54, 1.807) is 20.0 Å². The maximum Gasteiger partial charge on any atom is 0.413 e. The molecule has 1 aromatic heterocycles. The lowest BCUT2D eigenvalue weighted by molar-refractivity contribution is 0.161. The van der Waals surface area contributed by atoms with Crippen LogP contribution in [0.3, 0.4) is 0 Å². The highest BCUT2D eigenvalue weighted by molar-refractivity contribution is 9.10. The Morgan fingerprint density at radius 2 is 2.04 bits per heavy atom. The summed E-state index contributed by atoms with van der Waals surface area (Å²) in [6, 6.07) is 9.71. The van der Waals surface area contributed by atoms with Gasteiger partial charge in [-0.2, -0.15) is 0 Å². The summed E-state index contributed by atoms with van der Waals surface area (Å²) in [5, 5.41) is 0.594. The predicted molar refractivity (Wildman–Crippen MR) is 113 cm³/mol. The second-order valence-electron chi connectivity index (χ2n) is 6.37. The zero-order chi connectivity index (χ0) is 19.7. The van der Waals surface area contributed by atoms with Crippen LogP contribution in [-0.4, -0.2) is 29.3 Å². The van der Waals surface area contributed by atoms with Crippen molar-refractivity contribution in [2.45, 2.75) is 27.3 Å². The predicted octanol–water partition coefficient (Wildman–Crippen LogP) is 5.71. The van der Waals surface area contributed by atoms with Crippen molar-refractivity contribution >= 4 is 50.3 Å². The number of hydrogen-bond acceptors (Lipinski definition) is 3. The number of carbonyl (C=O) groups excluding carboxylic acids is 1. The average Bonchev–Trinajstić information content (AvgIpc) is 2.92. The summed E-state index contributed by atoms with van der Waals surface area (Å²) >= 11 is 10.1. The molecule has 0 aliphatic carbocycles. The van der Waals surface area contributed by atoms with Crippen molar-refractivity contribution in [2.24, 2.45) is 0 Å². The van der Waals surface area contributed by atoms with Gasteiger partial charge in [0.25, 0.3) is 0 Å². The zero-order valence-electron chi connectivity index (χ0n) is 15.7. The number of aromatic nitrogens is 2. The van der Waals surface area contributed by atoms with Gasteiger partial charge in [0.15, 0.2) is 0 Å². The molecule has 0 saturated heterocycles. The normalized spacial score (nSPS) is 11.0. The first-order valence-electron chi connectivity index (χ1n) is 8.63. The maximum atomic E-state index is 11.9. The number of imidazole rings is 1. The van der Waals surface area contributed by atoms with Gasteiger partial charge in [-0.05, 0) is 56.2 Å². The average molecular weight is 451 g/mol. The molecule has 2 aromatic carbocycles. The number of hydrogen-bond donors (Lipinski definition) is 0. The van der Waals surface area contributed by atoms with Crippen molar-refractivity contribution in [3.63, 3.8) is 0 Å². The van der Waals surface area contributed by atoms with Gasteiger partial charge in [0, 0.05) is 22.2 Å². The molecule has 5 nitrogen and oxygen atoms in total. The Morgan fingerprint density at radius 3 is 2.70 bits per heavy atom. The Kier molecular flexibility index (Phi) is 5.77. The minimum absolute atomic E-state index is 0.330. The van der Waals surface area contributed by atoms with Gasteiger partial charge in [0.1, 0.15) is 5.82 Å². The molecular formula is C20H21BrClN3O2. The smallest absolute Gasteiger partial charge is 0.413 e. The SMILES string of the molecule is CCOC(=O)N(C)c1ccc(Cn2c(C)nc3c(C)cc(Br)cc32)c(Cl)c1. The minimum atomic E-state index is -0.405. The number of halogens is 2. The Hall–Kier alpha value is -2.05. The van der Waals surface area contributed by atoms with E-state index in [9.17, 15) is 4.79 Å². The van der Waals surface area contributed by atoms with Crippen molar-refractivity contribution in [3.05, 3.63) is 56.8 Å². The molecule has 3 aromatic rings. The molecule has 0 fully saturated rings. The summed E-state index contributed by atoms with van der Waals surface area (Å²) in [5.41, 5.74) is 4.82. The van der Waals surface area contributed by atoms with Crippen molar-refractivity contribution < 1.29 is 9.53 Å². The maximum absolute atomic E-state index is 11.9. The van der Waals surface area contributed by atoms with Crippen LogP contribution in [0.5, 0.6) is 0 Å². The first-order chi connectivity index (χ1) is 12.8. The van der Waals surface area contributed by atoms with E-state index in [1.807, 2.05) is 19.1 Å². The highest BCUT2D eigenvalue weighted by Gasteiger charge is 2.15. The van der Waals surface area contributed by atoms with Crippen LogP contribution in [-0.2, 0) is 11.3 Å². The fourth-order valence-corrected chi connectivity index (χ4v) is 3.83. The molecule has 1 heterocycles. The van der Waals surface area contributed by atoms with E-state index in [0.717, 1.165) is 32.5 Å². The number of benzene rings is 2. The standard InChI is InChI=1S/C20H21BrClN3O2/c1-5-27-20(26)24(4)16-7-6-14(17(22)10-16)11-25-13(3)23-19-12(2)8-15(21)9-18(19)25/h6-10H,5,11H2,1-4H3. The van der Waals surface area contributed by atoms with Gasteiger partial charge in [-0.3, -0.25) is 4.90 Å². The molecule has 1 amide bonds. The van der Waals surface area contributed by atoms with Crippen LogP contribution in [0.25, 0.3) is 11.0 Å². The molecule has 142 valence electrons. The van der Waals surface area contributed by atoms with E-state index in [-0.39, 0.29) is 0 Å². The van der Waals surface area contributed by atoms with E-state index < -0.39 is 6.09 Å². The molecular weight excluding hydrogens is 430 g/mol. The molecule has 0 bridgehead atoms. The molecule has 27 heavy (non-hydrogen) atoms. The van der Waals surface area contributed by atoms with Crippen LogP contribution in [0, 0.1) is 13.8 Å². The number of carbonyl (C=O) groups is 1. The lowest BCUT2D eigenvalue weighted by Gasteiger charge is -2.18. The second kappa shape index (κ2) is 7.90. The summed E-state index contributed by atoms with van der Waals surface area (Å²) in [7, 11) is 1.66. The highest BCUT2D eigenvalue weighted by atomic mass is 79.9. The lowest BCUT2D eigenvalue weighted by atomic mass is 10.1. The largest absolute Gasteiger partial charge is 0.449 e. The lowest BCUT2D eigenvalue weighted by Crippen LogP contribution is -2.27. The van der Waals surface area contributed by atoms with Gasteiger partial charge in [-0.15, -0.1) is 0 Å². The summed E-state index contributed by atoms with van der Waals surface area (Å²) in [6.45, 7) is 6.75. The third-order valence-corrected chi connectivity index (χ3v) is 5.30. The van der Waals surface area contributed by atoms with Gasteiger partial charge in [0.2, 0.25) is 0 Å². The van der Waals surface area contributed by atoms with Gasteiger partial charge in [0.05, 0.1) is 24.2 Å². The Morgan fingerprint density at radius 1 is 1.30 bits per heavy atom. The van der Waals surface area contributed by atoms with E-state index >= 15 is 0 Å². The molecule has 0 atom stereocenters. The first-order valence-corrected chi connectivity index (χ1v) is 9.80. The van der Waals surface area contributed by atoms with Gasteiger partial charge in [-0.25, -0.2) is 9.78 Å². The van der Waals surface area contributed by atoms with Crippen molar-refractivity contribution in [1.82, 2.24) is 9.55 Å². The molecule has 0 aliphatic heterocycles. The number of fused-ring (bicyclic) bond motifs is 1. The third kappa shape index (κ3) is 3.96. The number of rotatable bonds is 4. The topological polar surface area (TPSA) is 47.4 Å². The fraction of sp³-hybridized carbons (Fsp3) is 0.300. The molecule has 0 radical (unpaired) electrons. The van der Waals surface area contributed by atoms with Crippen LogP contribution >= 0.6 is 27.5 Å². The van der Waals surface area contributed by atoms with Crippen LogP contribution in [0.1, 0.15) is 23.9 Å². The van der Waals surface area contributed by atoms with Gasteiger partial charge in [-0.1, -0.05) is 33.6 Å². The zero-order valence-corrected chi connectivity index (χ0v) is 18.1. The molecule has 0 saturated carbocycles. The number of ether oxygens (including phenoxy) is 1. The summed E-state index contributed by atoms with van der Waals surface area (Å²) < 4.78 is 8.19. The van der Waals surface area contributed by atoms with E-state index in [0.29, 0.717) is 23.9 Å². The van der Waals surface area contributed by atoms with Crippen LogP contribution in [0.15, 0.2) is 34.8 Å². The quantitative estimate of drug-likeness (QED) is 0.511. The molecule has 0 spiro atoms. The number of anilines is 1. The van der Waals surface area contributed by atoms with Crippen molar-refractivity contribution in [1.29, 1.82) is 0 Å².